The molecular formula is C12H8F2N2O. The minimum absolute atomic E-state index is 0.332. The second-order valence-electron chi connectivity index (χ2n) is 3.31. The Hall–Kier alpha value is -2.30. The summed E-state index contributed by atoms with van der Waals surface area (Å²) in [6, 6.07) is 5.82. The summed E-state index contributed by atoms with van der Waals surface area (Å²) in [6.07, 6.45) is 2.97. The Balaban J connectivity index is 2.23. The molecule has 1 amide bonds. The highest BCUT2D eigenvalue weighted by atomic mass is 19.1. The van der Waals surface area contributed by atoms with Crippen molar-refractivity contribution < 1.29 is 13.6 Å². The summed E-state index contributed by atoms with van der Waals surface area (Å²) in [5, 5.41) is 2.44. The number of aromatic nitrogens is 1. The molecule has 86 valence electrons. The molecule has 0 aliphatic rings. The predicted molar refractivity (Wildman–Crippen MR) is 58.5 cm³/mol. The zero-order chi connectivity index (χ0) is 12.3. The van der Waals surface area contributed by atoms with Gasteiger partial charge in [-0.15, -0.1) is 0 Å². The van der Waals surface area contributed by atoms with Crippen LogP contribution in [-0.2, 0) is 0 Å². The van der Waals surface area contributed by atoms with E-state index in [1.807, 2.05) is 0 Å². The molecule has 0 bridgehead atoms. The fourth-order valence-corrected chi connectivity index (χ4v) is 1.31. The third kappa shape index (κ3) is 2.63. The quantitative estimate of drug-likeness (QED) is 0.867. The first-order valence-corrected chi connectivity index (χ1v) is 4.83. The van der Waals surface area contributed by atoms with Crippen LogP contribution in [0.3, 0.4) is 0 Å². The Bertz CT molecular complexity index is 543. The van der Waals surface area contributed by atoms with Crippen LogP contribution < -0.4 is 5.32 Å². The lowest BCUT2D eigenvalue weighted by Gasteiger charge is -2.05. The number of nitrogens with zero attached hydrogens (tertiary/aromatic N) is 1. The summed E-state index contributed by atoms with van der Waals surface area (Å²) in [5.74, 6) is -2.13. The van der Waals surface area contributed by atoms with Gasteiger partial charge in [-0.05, 0) is 30.3 Å². The maximum atomic E-state index is 13.3. The summed E-state index contributed by atoms with van der Waals surface area (Å²) in [4.78, 5) is 15.4. The van der Waals surface area contributed by atoms with Crippen LogP contribution in [0.2, 0.25) is 0 Å². The maximum absolute atomic E-state index is 13.3. The van der Waals surface area contributed by atoms with Gasteiger partial charge in [0.1, 0.15) is 11.6 Å². The van der Waals surface area contributed by atoms with E-state index in [-0.39, 0.29) is 5.56 Å². The standard InChI is InChI=1S/C12H8F2N2O/c13-8-1-2-11(14)10(7-8)12(17)16-9-3-5-15-6-4-9/h1-7H,(H,15,16,17). The van der Waals surface area contributed by atoms with Crippen molar-refractivity contribution in [3.05, 3.63) is 59.9 Å². The Kier molecular flexibility index (Phi) is 3.09. The van der Waals surface area contributed by atoms with Crippen LogP contribution in [0.5, 0.6) is 0 Å². The molecule has 0 fully saturated rings. The lowest BCUT2D eigenvalue weighted by Crippen LogP contribution is -2.14. The average Bonchev–Trinajstić information content (AvgIpc) is 2.33. The number of halogens is 2. The van der Waals surface area contributed by atoms with E-state index in [2.05, 4.69) is 10.3 Å². The second kappa shape index (κ2) is 4.69. The first kappa shape index (κ1) is 11.2. The molecule has 0 atom stereocenters. The molecule has 0 spiro atoms. The van der Waals surface area contributed by atoms with Crippen LogP contribution in [0.4, 0.5) is 14.5 Å². The highest BCUT2D eigenvalue weighted by Crippen LogP contribution is 2.12. The van der Waals surface area contributed by atoms with Gasteiger partial charge < -0.3 is 5.32 Å². The highest BCUT2D eigenvalue weighted by molar-refractivity contribution is 6.04. The third-order valence-corrected chi connectivity index (χ3v) is 2.11. The molecule has 0 saturated carbocycles. The largest absolute Gasteiger partial charge is 0.322 e. The zero-order valence-electron chi connectivity index (χ0n) is 8.65. The molecule has 1 heterocycles. The molecule has 0 saturated heterocycles. The summed E-state index contributed by atoms with van der Waals surface area (Å²) in [5.41, 5.74) is 0.135. The van der Waals surface area contributed by atoms with E-state index < -0.39 is 17.5 Å². The lowest BCUT2D eigenvalue weighted by molar-refractivity contribution is 0.102. The number of benzene rings is 1. The summed E-state index contributed by atoms with van der Waals surface area (Å²) in [6.45, 7) is 0. The van der Waals surface area contributed by atoms with E-state index in [1.165, 1.54) is 12.4 Å². The van der Waals surface area contributed by atoms with Gasteiger partial charge in [0.25, 0.3) is 5.91 Å². The van der Waals surface area contributed by atoms with Crippen molar-refractivity contribution in [2.75, 3.05) is 5.32 Å². The molecular weight excluding hydrogens is 226 g/mol. The number of hydrogen-bond acceptors (Lipinski definition) is 2. The smallest absolute Gasteiger partial charge is 0.258 e. The van der Waals surface area contributed by atoms with Gasteiger partial charge in [0.2, 0.25) is 0 Å². The van der Waals surface area contributed by atoms with Gasteiger partial charge in [-0.25, -0.2) is 8.78 Å². The van der Waals surface area contributed by atoms with Crippen molar-refractivity contribution in [3.8, 4) is 0 Å². The van der Waals surface area contributed by atoms with Gasteiger partial charge in [-0.1, -0.05) is 0 Å². The number of rotatable bonds is 2. The monoisotopic (exact) mass is 234 g/mol. The Morgan fingerprint density at radius 1 is 1.12 bits per heavy atom. The summed E-state index contributed by atoms with van der Waals surface area (Å²) in [7, 11) is 0. The van der Waals surface area contributed by atoms with E-state index in [4.69, 9.17) is 0 Å². The molecule has 0 aliphatic heterocycles. The Morgan fingerprint density at radius 3 is 2.53 bits per heavy atom. The van der Waals surface area contributed by atoms with Gasteiger partial charge in [0.05, 0.1) is 5.56 Å². The number of carbonyl (C=O) groups is 1. The third-order valence-electron chi connectivity index (χ3n) is 2.11. The maximum Gasteiger partial charge on any atom is 0.258 e. The van der Waals surface area contributed by atoms with Gasteiger partial charge in [-0.3, -0.25) is 9.78 Å². The van der Waals surface area contributed by atoms with Crippen molar-refractivity contribution in [2.45, 2.75) is 0 Å². The molecule has 2 aromatic rings. The SMILES string of the molecule is O=C(Nc1ccncc1)c1cc(F)ccc1F. The first-order chi connectivity index (χ1) is 8.16. The first-order valence-electron chi connectivity index (χ1n) is 4.83. The van der Waals surface area contributed by atoms with E-state index >= 15 is 0 Å². The van der Waals surface area contributed by atoms with Crippen LogP contribution in [0.25, 0.3) is 0 Å². The van der Waals surface area contributed by atoms with Crippen molar-refractivity contribution in [3.63, 3.8) is 0 Å². The molecule has 1 aromatic heterocycles. The summed E-state index contributed by atoms with van der Waals surface area (Å²) < 4.78 is 26.2. The van der Waals surface area contributed by atoms with Crippen LogP contribution in [0, 0.1) is 11.6 Å². The molecule has 2 rings (SSSR count). The summed E-state index contributed by atoms with van der Waals surface area (Å²) >= 11 is 0. The molecule has 0 aliphatic carbocycles. The van der Waals surface area contributed by atoms with Gasteiger partial charge >= 0.3 is 0 Å². The fourth-order valence-electron chi connectivity index (χ4n) is 1.31. The van der Waals surface area contributed by atoms with E-state index in [1.54, 1.807) is 12.1 Å². The predicted octanol–water partition coefficient (Wildman–Crippen LogP) is 2.61. The number of nitrogens with one attached hydrogen (secondary N) is 1. The molecule has 0 unspecified atom stereocenters. The number of amides is 1. The van der Waals surface area contributed by atoms with Crippen molar-refractivity contribution in [2.24, 2.45) is 0 Å². The van der Waals surface area contributed by atoms with Crippen molar-refractivity contribution in [1.82, 2.24) is 4.98 Å². The molecule has 1 N–H and O–H groups in total. The van der Waals surface area contributed by atoms with Crippen LogP contribution in [0.1, 0.15) is 10.4 Å². The van der Waals surface area contributed by atoms with Gasteiger partial charge in [-0.2, -0.15) is 0 Å². The zero-order valence-corrected chi connectivity index (χ0v) is 8.65. The van der Waals surface area contributed by atoms with Gasteiger partial charge in [0, 0.05) is 18.1 Å². The average molecular weight is 234 g/mol. The topological polar surface area (TPSA) is 42.0 Å². The minimum Gasteiger partial charge on any atom is -0.322 e. The fraction of sp³-hybridized carbons (Fsp3) is 0. The second-order valence-corrected chi connectivity index (χ2v) is 3.31. The van der Waals surface area contributed by atoms with Gasteiger partial charge in [0.15, 0.2) is 0 Å². The van der Waals surface area contributed by atoms with E-state index in [9.17, 15) is 13.6 Å². The van der Waals surface area contributed by atoms with Crippen LogP contribution >= 0.6 is 0 Å². The molecule has 0 radical (unpaired) electrons. The van der Waals surface area contributed by atoms with E-state index in [0.29, 0.717) is 5.69 Å². The minimum atomic E-state index is -0.766. The number of pyridine rings is 1. The molecule has 17 heavy (non-hydrogen) atoms. The van der Waals surface area contributed by atoms with Crippen LogP contribution in [0.15, 0.2) is 42.7 Å². The number of hydrogen-bond donors (Lipinski definition) is 1. The van der Waals surface area contributed by atoms with Crippen LogP contribution in [-0.4, -0.2) is 10.9 Å². The normalized spacial score (nSPS) is 10.0. The lowest BCUT2D eigenvalue weighted by atomic mass is 10.2. The van der Waals surface area contributed by atoms with E-state index in [0.717, 1.165) is 18.2 Å². The number of carbonyl (C=O) groups excluding carboxylic acids is 1. The highest BCUT2D eigenvalue weighted by Gasteiger charge is 2.12. The Labute approximate surface area is 96.1 Å². The van der Waals surface area contributed by atoms with Crippen molar-refractivity contribution in [1.29, 1.82) is 0 Å². The molecule has 3 nitrogen and oxygen atoms in total. The molecule has 1 aromatic carbocycles. The Morgan fingerprint density at radius 2 is 1.82 bits per heavy atom. The molecule has 5 heteroatoms. The number of anilines is 1. The van der Waals surface area contributed by atoms with Crippen molar-refractivity contribution >= 4 is 11.6 Å².